The predicted octanol–water partition coefficient (Wildman–Crippen LogP) is 5.08. The second-order valence-corrected chi connectivity index (χ2v) is 6.29. The first-order valence-electron chi connectivity index (χ1n) is 7.88. The molecule has 1 heterocycles. The zero-order chi connectivity index (χ0) is 20.1. The van der Waals surface area contributed by atoms with Crippen LogP contribution in [0, 0.1) is 0 Å². The highest BCUT2D eigenvalue weighted by Crippen LogP contribution is 2.29. The first kappa shape index (κ1) is 19.9. The number of anilines is 1. The van der Waals surface area contributed by atoms with E-state index in [1.54, 1.807) is 30.5 Å². The molecule has 1 N–H and O–H groups in total. The summed E-state index contributed by atoms with van der Waals surface area (Å²) in [6.07, 6.45) is 1.58. The maximum absolute atomic E-state index is 12.3. The van der Waals surface area contributed by atoms with Gasteiger partial charge in [-0.3, -0.25) is 4.79 Å². The summed E-state index contributed by atoms with van der Waals surface area (Å²) in [5, 5.41) is 7.17. The largest absolute Gasteiger partial charge is 0.471 e. The van der Waals surface area contributed by atoms with Crippen molar-refractivity contribution in [1.82, 2.24) is 9.78 Å². The van der Waals surface area contributed by atoms with Crippen molar-refractivity contribution in [2.24, 2.45) is 0 Å². The number of carbonyl (C=O) groups excluding carboxylic acids is 1. The molecule has 1 aromatic heterocycles. The lowest BCUT2D eigenvalue weighted by Gasteiger charge is -2.09. The fourth-order valence-corrected chi connectivity index (χ4v) is 2.62. The van der Waals surface area contributed by atoms with Crippen LogP contribution < -0.4 is 14.8 Å². The number of rotatable bonds is 7. The molecule has 1 amide bonds. The zero-order valence-electron chi connectivity index (χ0n) is 14.1. The summed E-state index contributed by atoms with van der Waals surface area (Å²) in [5.41, 5.74) is 0.445. The summed E-state index contributed by atoms with van der Waals surface area (Å²) in [6.45, 7) is -2.91. The van der Waals surface area contributed by atoms with E-state index in [1.807, 2.05) is 0 Å². The Hall–Kier alpha value is -2.84. The highest BCUT2D eigenvalue weighted by molar-refractivity contribution is 6.32. The Kier molecular flexibility index (Phi) is 6.33. The highest BCUT2D eigenvalue weighted by Gasteiger charge is 2.13. The van der Waals surface area contributed by atoms with E-state index in [0.717, 1.165) is 0 Å². The van der Waals surface area contributed by atoms with Crippen LogP contribution in [0.1, 0.15) is 10.5 Å². The smallest absolute Gasteiger partial charge is 0.387 e. The molecule has 10 heteroatoms. The monoisotopic (exact) mass is 427 g/mol. The van der Waals surface area contributed by atoms with E-state index < -0.39 is 12.5 Å². The summed E-state index contributed by atoms with van der Waals surface area (Å²) in [7, 11) is 0. The lowest BCUT2D eigenvalue weighted by atomic mass is 10.3. The predicted molar refractivity (Wildman–Crippen MR) is 100 cm³/mol. The van der Waals surface area contributed by atoms with Crippen LogP contribution >= 0.6 is 23.2 Å². The van der Waals surface area contributed by atoms with E-state index in [1.165, 1.54) is 28.9 Å². The maximum Gasteiger partial charge on any atom is 0.387 e. The molecule has 0 aliphatic carbocycles. The van der Waals surface area contributed by atoms with Crippen molar-refractivity contribution in [1.29, 1.82) is 0 Å². The first-order chi connectivity index (χ1) is 13.4. The van der Waals surface area contributed by atoms with Crippen molar-refractivity contribution in [3.63, 3.8) is 0 Å². The Morgan fingerprint density at radius 3 is 2.71 bits per heavy atom. The molecule has 0 spiro atoms. The third-order valence-corrected chi connectivity index (χ3v) is 3.97. The minimum atomic E-state index is -2.99. The minimum Gasteiger partial charge on any atom is -0.471 e. The van der Waals surface area contributed by atoms with Gasteiger partial charge in [0, 0.05) is 16.9 Å². The quantitative estimate of drug-likeness (QED) is 0.570. The van der Waals surface area contributed by atoms with Crippen LogP contribution in [0.2, 0.25) is 10.0 Å². The average molecular weight is 428 g/mol. The Balaban J connectivity index is 1.60. The number of ether oxygens (including phenoxy) is 2. The Labute approximate surface area is 168 Å². The van der Waals surface area contributed by atoms with Gasteiger partial charge in [0.1, 0.15) is 11.5 Å². The van der Waals surface area contributed by atoms with Crippen LogP contribution in [0.25, 0.3) is 0 Å². The van der Waals surface area contributed by atoms with Gasteiger partial charge in [0.15, 0.2) is 12.4 Å². The van der Waals surface area contributed by atoms with Gasteiger partial charge in [-0.25, -0.2) is 4.68 Å². The Bertz CT molecular complexity index is 982. The highest BCUT2D eigenvalue weighted by atomic mass is 35.5. The van der Waals surface area contributed by atoms with Gasteiger partial charge in [-0.05, 0) is 42.5 Å². The number of nitrogens with zero attached hydrogens (tertiary/aromatic N) is 2. The van der Waals surface area contributed by atoms with Crippen LogP contribution in [0.15, 0.2) is 54.7 Å². The van der Waals surface area contributed by atoms with Crippen molar-refractivity contribution < 1.29 is 23.0 Å². The molecule has 0 radical (unpaired) electrons. The van der Waals surface area contributed by atoms with E-state index in [9.17, 15) is 13.6 Å². The Morgan fingerprint density at radius 2 is 2.00 bits per heavy atom. The third kappa shape index (κ3) is 5.34. The molecule has 28 heavy (non-hydrogen) atoms. The second kappa shape index (κ2) is 8.90. The fourth-order valence-electron chi connectivity index (χ4n) is 2.22. The lowest BCUT2D eigenvalue weighted by molar-refractivity contribution is -0.0497. The molecule has 0 atom stereocenters. The number of hydrogen-bond acceptors (Lipinski definition) is 4. The SMILES string of the molecule is O=C(Nc1ccc(OC(F)F)c(Cl)c1)c1ccn(COc2cccc(Cl)c2)n1. The molecule has 3 rings (SSSR count). The van der Waals surface area contributed by atoms with Gasteiger partial charge in [-0.15, -0.1) is 0 Å². The van der Waals surface area contributed by atoms with Crippen LogP contribution in [-0.4, -0.2) is 22.3 Å². The van der Waals surface area contributed by atoms with Crippen molar-refractivity contribution in [3.05, 3.63) is 70.5 Å². The molecule has 0 saturated carbocycles. The Morgan fingerprint density at radius 1 is 1.18 bits per heavy atom. The van der Waals surface area contributed by atoms with Gasteiger partial charge >= 0.3 is 6.61 Å². The number of hydrogen-bond donors (Lipinski definition) is 1. The molecule has 3 aromatic rings. The van der Waals surface area contributed by atoms with Crippen molar-refractivity contribution >= 4 is 34.8 Å². The molecule has 146 valence electrons. The molecule has 2 aromatic carbocycles. The van der Waals surface area contributed by atoms with Crippen molar-refractivity contribution in [3.8, 4) is 11.5 Å². The average Bonchev–Trinajstić information content (AvgIpc) is 3.11. The second-order valence-electron chi connectivity index (χ2n) is 5.45. The van der Waals surface area contributed by atoms with Crippen molar-refractivity contribution in [2.75, 3.05) is 5.32 Å². The number of halogens is 4. The van der Waals surface area contributed by atoms with Crippen LogP contribution in [-0.2, 0) is 6.73 Å². The van der Waals surface area contributed by atoms with Crippen molar-refractivity contribution in [2.45, 2.75) is 13.3 Å². The van der Waals surface area contributed by atoms with Gasteiger partial charge in [0.2, 0.25) is 0 Å². The van der Waals surface area contributed by atoms with Gasteiger partial charge in [0.25, 0.3) is 5.91 Å². The molecule has 0 aliphatic heterocycles. The molecule has 0 unspecified atom stereocenters. The van der Waals surface area contributed by atoms with Gasteiger partial charge in [0.05, 0.1) is 5.02 Å². The van der Waals surface area contributed by atoms with E-state index in [2.05, 4.69) is 15.2 Å². The van der Waals surface area contributed by atoms with E-state index in [-0.39, 0.29) is 23.2 Å². The standard InChI is InChI=1S/C18H13Cl2F2N3O3/c19-11-2-1-3-13(8-11)27-10-25-7-6-15(24-25)17(26)23-12-4-5-16(14(20)9-12)28-18(21)22/h1-9,18H,10H2,(H,23,26). The van der Waals surface area contributed by atoms with Crippen LogP contribution in [0.5, 0.6) is 11.5 Å². The summed E-state index contributed by atoms with van der Waals surface area (Å²) >= 11 is 11.7. The fraction of sp³-hybridized carbons (Fsp3) is 0.111. The van der Waals surface area contributed by atoms with Crippen LogP contribution in [0.3, 0.4) is 0 Å². The zero-order valence-corrected chi connectivity index (χ0v) is 15.6. The lowest BCUT2D eigenvalue weighted by Crippen LogP contribution is -2.14. The summed E-state index contributed by atoms with van der Waals surface area (Å²) in [6, 6.07) is 12.3. The molecule has 0 fully saturated rings. The topological polar surface area (TPSA) is 65.4 Å². The number of amides is 1. The summed E-state index contributed by atoms with van der Waals surface area (Å²) in [5.74, 6) is -0.119. The molecule has 6 nitrogen and oxygen atoms in total. The van der Waals surface area contributed by atoms with E-state index in [4.69, 9.17) is 27.9 Å². The summed E-state index contributed by atoms with van der Waals surface area (Å²) in [4.78, 5) is 12.3. The molecular formula is C18H13Cl2F2N3O3. The molecular weight excluding hydrogens is 415 g/mol. The molecule has 0 bridgehead atoms. The van der Waals surface area contributed by atoms with Crippen LogP contribution in [0.4, 0.5) is 14.5 Å². The first-order valence-corrected chi connectivity index (χ1v) is 8.64. The van der Waals surface area contributed by atoms with Gasteiger partial charge in [-0.1, -0.05) is 29.3 Å². The number of carbonyl (C=O) groups is 1. The number of alkyl halides is 2. The van der Waals surface area contributed by atoms with Gasteiger partial charge in [-0.2, -0.15) is 13.9 Å². The molecule has 0 aliphatic rings. The normalized spacial score (nSPS) is 10.8. The van der Waals surface area contributed by atoms with E-state index in [0.29, 0.717) is 16.5 Å². The number of aromatic nitrogens is 2. The number of nitrogens with one attached hydrogen (secondary N) is 1. The maximum atomic E-state index is 12.3. The molecule has 0 saturated heterocycles. The third-order valence-electron chi connectivity index (χ3n) is 3.44. The summed E-state index contributed by atoms with van der Waals surface area (Å²) < 4.78 is 35.7. The van der Waals surface area contributed by atoms with Gasteiger partial charge < -0.3 is 14.8 Å². The van der Waals surface area contributed by atoms with E-state index >= 15 is 0 Å². The minimum absolute atomic E-state index is 0.0569. The number of benzene rings is 2.